The Hall–Kier alpha value is -1.82. The van der Waals surface area contributed by atoms with E-state index in [1.165, 1.54) is 0 Å². The predicted molar refractivity (Wildman–Crippen MR) is 150 cm³/mol. The van der Waals surface area contributed by atoms with Gasteiger partial charge >= 0.3 is 0 Å². The first kappa shape index (κ1) is 28.7. The lowest BCUT2D eigenvalue weighted by Gasteiger charge is -2.53. The first-order valence-electron chi connectivity index (χ1n) is 12.5. The molecule has 2 aromatic rings. The molecule has 1 heterocycles. The fraction of sp³-hybridized carbons (Fsp3) is 0.483. The van der Waals surface area contributed by atoms with Crippen molar-refractivity contribution in [2.75, 3.05) is 5.75 Å². The number of sulfone groups is 1. The Morgan fingerprint density at radius 1 is 1.06 bits per heavy atom. The van der Waals surface area contributed by atoms with Gasteiger partial charge in [-0.1, -0.05) is 74.3 Å². The van der Waals surface area contributed by atoms with Crippen LogP contribution in [0, 0.1) is 11.3 Å². The molecule has 0 radical (unpaired) electrons. The number of piperidine rings is 1. The summed E-state index contributed by atoms with van der Waals surface area (Å²) in [5.41, 5.74) is 1.21. The van der Waals surface area contributed by atoms with Crippen LogP contribution in [0.2, 0.25) is 10.0 Å². The van der Waals surface area contributed by atoms with Crippen molar-refractivity contribution >= 4 is 38.9 Å². The van der Waals surface area contributed by atoms with Crippen LogP contribution in [0.3, 0.4) is 0 Å². The lowest BCUT2D eigenvalue weighted by atomic mass is 9.67. The number of benzene rings is 2. The largest absolute Gasteiger partial charge is 0.330 e. The zero-order chi connectivity index (χ0) is 26.8. The average molecular weight is 551 g/mol. The molecule has 1 amide bonds. The SMILES string of the molecule is C=CC[C@@]1(C)C[C@H](c2cccc(Cl)c2)[C@@H](c2ccc(Cl)cc2)N(C(CS(=O)(=O)C(C)C)C(C)C)C1=O. The number of likely N-dealkylation sites (tertiary alicyclic amines) is 1. The van der Waals surface area contributed by atoms with Gasteiger partial charge in [-0.2, -0.15) is 0 Å². The van der Waals surface area contributed by atoms with Crippen LogP contribution in [0.25, 0.3) is 0 Å². The number of hydrogen-bond donors (Lipinski definition) is 0. The van der Waals surface area contributed by atoms with Crippen LogP contribution < -0.4 is 0 Å². The van der Waals surface area contributed by atoms with Gasteiger partial charge in [0.1, 0.15) is 0 Å². The minimum Gasteiger partial charge on any atom is -0.330 e. The third-order valence-electron chi connectivity index (χ3n) is 7.43. The standard InChI is InChI=1S/C29H37Cl2NO3S/c1-7-15-29(6)17-25(22-9-8-10-24(31)16-22)27(21-11-13-23(30)14-12-21)32(28(29)33)26(19(2)3)18-36(34,35)20(4)5/h7-14,16,19-20,25-27H,1,15,17-18H2,2-6H3/t25-,26?,27-,29+/m1/s1. The second-order valence-corrected chi connectivity index (χ2v) is 14.3. The number of nitrogens with zero attached hydrogens (tertiary/aromatic N) is 1. The molecule has 3 rings (SSSR count). The lowest BCUT2D eigenvalue weighted by molar-refractivity contribution is -0.155. The molecule has 1 unspecified atom stereocenters. The molecule has 0 spiro atoms. The summed E-state index contributed by atoms with van der Waals surface area (Å²) in [6, 6.07) is 14.4. The summed E-state index contributed by atoms with van der Waals surface area (Å²) >= 11 is 12.6. The highest BCUT2D eigenvalue weighted by Gasteiger charge is 2.52. The van der Waals surface area contributed by atoms with E-state index in [1.807, 2.05) is 74.2 Å². The van der Waals surface area contributed by atoms with Gasteiger partial charge in [-0.3, -0.25) is 4.79 Å². The van der Waals surface area contributed by atoms with E-state index < -0.39 is 26.5 Å². The molecule has 1 aliphatic heterocycles. The van der Waals surface area contributed by atoms with Gasteiger partial charge in [-0.05, 0) is 68.0 Å². The van der Waals surface area contributed by atoms with Crippen molar-refractivity contribution in [2.45, 2.75) is 70.7 Å². The van der Waals surface area contributed by atoms with Gasteiger partial charge in [-0.15, -0.1) is 6.58 Å². The van der Waals surface area contributed by atoms with Crippen LogP contribution in [0.1, 0.15) is 70.5 Å². The highest BCUT2D eigenvalue weighted by atomic mass is 35.5. The van der Waals surface area contributed by atoms with E-state index in [-0.39, 0.29) is 29.5 Å². The average Bonchev–Trinajstić information content (AvgIpc) is 2.80. The molecule has 2 aromatic carbocycles. The van der Waals surface area contributed by atoms with E-state index in [0.717, 1.165) is 11.1 Å². The van der Waals surface area contributed by atoms with Crippen molar-refractivity contribution in [3.05, 3.63) is 82.4 Å². The van der Waals surface area contributed by atoms with Crippen LogP contribution in [-0.2, 0) is 14.6 Å². The smallest absolute Gasteiger partial charge is 0.229 e. The van der Waals surface area contributed by atoms with Gasteiger partial charge in [0.2, 0.25) is 5.91 Å². The maximum Gasteiger partial charge on any atom is 0.229 e. The molecule has 1 saturated heterocycles. The van der Waals surface area contributed by atoms with Crippen molar-refractivity contribution in [2.24, 2.45) is 11.3 Å². The molecule has 0 N–H and O–H groups in total. The molecule has 7 heteroatoms. The van der Waals surface area contributed by atoms with Gasteiger partial charge < -0.3 is 4.90 Å². The van der Waals surface area contributed by atoms with Crippen molar-refractivity contribution in [3.63, 3.8) is 0 Å². The summed E-state index contributed by atoms with van der Waals surface area (Å²) in [6.07, 6.45) is 2.86. The van der Waals surface area contributed by atoms with Crippen LogP contribution in [-0.4, -0.2) is 36.3 Å². The summed E-state index contributed by atoms with van der Waals surface area (Å²) in [6.45, 7) is 13.2. The number of carbonyl (C=O) groups excluding carboxylic acids is 1. The van der Waals surface area contributed by atoms with Crippen LogP contribution in [0.4, 0.5) is 0 Å². The van der Waals surface area contributed by atoms with Gasteiger partial charge in [-0.25, -0.2) is 8.42 Å². The Labute approximate surface area is 226 Å². The third-order valence-corrected chi connectivity index (χ3v) is 10.2. The van der Waals surface area contributed by atoms with Crippen LogP contribution in [0.5, 0.6) is 0 Å². The summed E-state index contributed by atoms with van der Waals surface area (Å²) in [7, 11) is -3.42. The van der Waals surface area contributed by atoms with Gasteiger partial charge in [0.25, 0.3) is 0 Å². The fourth-order valence-electron chi connectivity index (χ4n) is 5.28. The molecule has 4 atom stereocenters. The fourth-order valence-corrected chi connectivity index (χ4v) is 7.01. The minimum absolute atomic E-state index is 0.0433. The monoisotopic (exact) mass is 549 g/mol. The maximum absolute atomic E-state index is 14.4. The number of rotatable bonds is 9. The van der Waals surface area contributed by atoms with E-state index in [9.17, 15) is 13.2 Å². The molecule has 0 aliphatic carbocycles. The zero-order valence-corrected chi connectivity index (χ0v) is 24.1. The Morgan fingerprint density at radius 2 is 1.69 bits per heavy atom. The first-order chi connectivity index (χ1) is 16.8. The minimum atomic E-state index is -3.42. The number of carbonyl (C=O) groups is 1. The molecular weight excluding hydrogens is 513 g/mol. The van der Waals surface area contributed by atoms with Crippen LogP contribution >= 0.6 is 23.2 Å². The molecular formula is C29H37Cl2NO3S. The van der Waals surface area contributed by atoms with Crippen molar-refractivity contribution in [1.29, 1.82) is 0 Å². The molecule has 0 saturated carbocycles. The Morgan fingerprint density at radius 3 is 2.22 bits per heavy atom. The highest BCUT2D eigenvalue weighted by molar-refractivity contribution is 7.92. The van der Waals surface area contributed by atoms with Gasteiger partial charge in [0, 0.05) is 22.0 Å². The molecule has 1 fully saturated rings. The normalized spacial score (nSPS) is 23.8. The van der Waals surface area contributed by atoms with Crippen molar-refractivity contribution in [3.8, 4) is 0 Å². The predicted octanol–water partition coefficient (Wildman–Crippen LogP) is 7.48. The lowest BCUT2D eigenvalue weighted by Crippen LogP contribution is -2.58. The molecule has 1 aliphatic rings. The second-order valence-electron chi connectivity index (χ2n) is 10.8. The van der Waals surface area contributed by atoms with E-state index in [1.54, 1.807) is 19.9 Å². The van der Waals surface area contributed by atoms with E-state index in [0.29, 0.717) is 22.9 Å². The third kappa shape index (κ3) is 6.00. The first-order valence-corrected chi connectivity index (χ1v) is 14.9. The Bertz CT molecular complexity index is 1190. The molecule has 0 aromatic heterocycles. The zero-order valence-electron chi connectivity index (χ0n) is 21.7. The molecule has 0 bridgehead atoms. The Kier molecular flexibility index (Phi) is 9.01. The van der Waals surface area contributed by atoms with E-state index in [2.05, 4.69) is 6.58 Å². The molecule has 4 nitrogen and oxygen atoms in total. The topological polar surface area (TPSA) is 54.5 Å². The summed E-state index contributed by atoms with van der Waals surface area (Å²) < 4.78 is 26.4. The van der Waals surface area contributed by atoms with E-state index in [4.69, 9.17) is 23.2 Å². The number of hydrogen-bond acceptors (Lipinski definition) is 3. The molecule has 36 heavy (non-hydrogen) atoms. The van der Waals surface area contributed by atoms with Gasteiger partial charge in [0.15, 0.2) is 9.84 Å². The summed E-state index contributed by atoms with van der Waals surface area (Å²) in [4.78, 5) is 16.2. The number of halogens is 2. The highest BCUT2D eigenvalue weighted by Crippen LogP contribution is 2.52. The van der Waals surface area contributed by atoms with Gasteiger partial charge in [0.05, 0.1) is 22.5 Å². The molecule has 196 valence electrons. The van der Waals surface area contributed by atoms with Crippen molar-refractivity contribution in [1.82, 2.24) is 4.90 Å². The summed E-state index contributed by atoms with van der Waals surface area (Å²) in [5, 5.41) is 0.695. The summed E-state index contributed by atoms with van der Waals surface area (Å²) in [5.74, 6) is -0.317. The van der Waals surface area contributed by atoms with Crippen LogP contribution in [0.15, 0.2) is 61.2 Å². The maximum atomic E-state index is 14.4. The van der Waals surface area contributed by atoms with Crippen molar-refractivity contribution < 1.29 is 13.2 Å². The number of allylic oxidation sites excluding steroid dienone is 1. The number of amides is 1. The Balaban J connectivity index is 2.29. The quantitative estimate of drug-likeness (QED) is 0.304. The van der Waals surface area contributed by atoms with E-state index >= 15 is 0 Å². The second kappa shape index (κ2) is 11.3.